The number of hydrogen-bond acceptors (Lipinski definition) is 5. The van der Waals surface area contributed by atoms with E-state index in [4.69, 9.17) is 18.9 Å². The zero-order valence-electron chi connectivity index (χ0n) is 15.3. The Bertz CT molecular complexity index is 720. The van der Waals surface area contributed by atoms with Crippen LogP contribution in [0, 0.1) is 0 Å². The standard InChI is InChI=1S/C20H24O5/c1-13(2)15-8-6-14(7-9-15)12-25-20(21)16-10-11-17(22-3)19(24-5)18(16)23-4/h6-11,13H,12H2,1-5H3. The van der Waals surface area contributed by atoms with Crippen molar-refractivity contribution in [2.75, 3.05) is 21.3 Å². The normalized spacial score (nSPS) is 10.5. The molecule has 0 aliphatic heterocycles. The van der Waals surface area contributed by atoms with Crippen LogP contribution >= 0.6 is 0 Å². The lowest BCUT2D eigenvalue weighted by atomic mass is 10.0. The monoisotopic (exact) mass is 344 g/mol. The Kier molecular flexibility index (Phi) is 6.28. The smallest absolute Gasteiger partial charge is 0.342 e. The van der Waals surface area contributed by atoms with Crippen LogP contribution in [0.4, 0.5) is 0 Å². The van der Waals surface area contributed by atoms with Crippen molar-refractivity contribution in [1.82, 2.24) is 0 Å². The van der Waals surface area contributed by atoms with Crippen molar-refractivity contribution < 1.29 is 23.7 Å². The van der Waals surface area contributed by atoms with Gasteiger partial charge in [-0.1, -0.05) is 38.1 Å². The minimum Gasteiger partial charge on any atom is -0.493 e. The van der Waals surface area contributed by atoms with E-state index < -0.39 is 5.97 Å². The summed E-state index contributed by atoms with van der Waals surface area (Å²) in [6, 6.07) is 11.3. The van der Waals surface area contributed by atoms with Gasteiger partial charge in [0, 0.05) is 0 Å². The van der Waals surface area contributed by atoms with E-state index in [-0.39, 0.29) is 6.61 Å². The van der Waals surface area contributed by atoms with Gasteiger partial charge in [0.2, 0.25) is 5.75 Å². The summed E-state index contributed by atoms with van der Waals surface area (Å²) in [6.07, 6.45) is 0. The molecule has 0 aromatic heterocycles. The fourth-order valence-electron chi connectivity index (χ4n) is 2.49. The van der Waals surface area contributed by atoms with E-state index in [0.29, 0.717) is 28.7 Å². The maximum atomic E-state index is 12.4. The molecule has 0 amide bonds. The third-order valence-corrected chi connectivity index (χ3v) is 3.94. The molecule has 2 rings (SSSR count). The molecule has 0 saturated carbocycles. The fourth-order valence-corrected chi connectivity index (χ4v) is 2.49. The number of benzene rings is 2. The van der Waals surface area contributed by atoms with Crippen LogP contribution < -0.4 is 14.2 Å². The second kappa shape index (κ2) is 8.42. The predicted octanol–water partition coefficient (Wildman–Crippen LogP) is 4.19. The molecule has 0 heterocycles. The van der Waals surface area contributed by atoms with Crippen molar-refractivity contribution in [3.8, 4) is 17.2 Å². The third kappa shape index (κ3) is 4.24. The van der Waals surface area contributed by atoms with Crippen LogP contribution in [0.5, 0.6) is 17.2 Å². The molecule has 2 aromatic rings. The van der Waals surface area contributed by atoms with Crippen LogP contribution in [-0.2, 0) is 11.3 Å². The average molecular weight is 344 g/mol. The fraction of sp³-hybridized carbons (Fsp3) is 0.350. The molecular weight excluding hydrogens is 320 g/mol. The van der Waals surface area contributed by atoms with Crippen molar-refractivity contribution in [2.24, 2.45) is 0 Å². The van der Waals surface area contributed by atoms with Crippen LogP contribution in [-0.4, -0.2) is 27.3 Å². The molecule has 0 atom stereocenters. The topological polar surface area (TPSA) is 54.0 Å². The van der Waals surface area contributed by atoms with E-state index >= 15 is 0 Å². The number of esters is 1. The van der Waals surface area contributed by atoms with Crippen LogP contribution in [0.15, 0.2) is 36.4 Å². The highest BCUT2D eigenvalue weighted by molar-refractivity contribution is 5.94. The van der Waals surface area contributed by atoms with Gasteiger partial charge < -0.3 is 18.9 Å². The van der Waals surface area contributed by atoms with E-state index in [1.165, 1.54) is 26.9 Å². The first-order chi connectivity index (χ1) is 12.0. The molecule has 134 valence electrons. The number of ether oxygens (including phenoxy) is 4. The van der Waals surface area contributed by atoms with E-state index in [1.54, 1.807) is 12.1 Å². The zero-order valence-corrected chi connectivity index (χ0v) is 15.3. The van der Waals surface area contributed by atoms with Gasteiger partial charge in [-0.15, -0.1) is 0 Å². The van der Waals surface area contributed by atoms with E-state index in [9.17, 15) is 4.79 Å². The minimum absolute atomic E-state index is 0.189. The second-order valence-electron chi connectivity index (χ2n) is 5.85. The first-order valence-electron chi connectivity index (χ1n) is 8.06. The number of carbonyl (C=O) groups excluding carboxylic acids is 1. The van der Waals surface area contributed by atoms with Gasteiger partial charge in [0.25, 0.3) is 0 Å². The summed E-state index contributed by atoms with van der Waals surface area (Å²) in [5.74, 6) is 1.13. The molecule has 0 aliphatic carbocycles. The maximum Gasteiger partial charge on any atom is 0.342 e. The Morgan fingerprint density at radius 2 is 1.52 bits per heavy atom. The van der Waals surface area contributed by atoms with E-state index in [0.717, 1.165) is 5.56 Å². The lowest BCUT2D eigenvalue weighted by Gasteiger charge is -2.15. The number of carbonyl (C=O) groups is 1. The summed E-state index contributed by atoms with van der Waals surface area (Å²) in [5.41, 5.74) is 2.47. The Balaban J connectivity index is 2.15. The molecule has 5 nitrogen and oxygen atoms in total. The lowest BCUT2D eigenvalue weighted by molar-refractivity contribution is 0.0468. The van der Waals surface area contributed by atoms with Crippen LogP contribution in [0.1, 0.15) is 41.3 Å². The van der Waals surface area contributed by atoms with Crippen molar-refractivity contribution in [1.29, 1.82) is 0 Å². The molecule has 0 spiro atoms. The highest BCUT2D eigenvalue weighted by Gasteiger charge is 2.21. The quantitative estimate of drug-likeness (QED) is 0.705. The lowest BCUT2D eigenvalue weighted by Crippen LogP contribution is -2.08. The van der Waals surface area contributed by atoms with Gasteiger partial charge in [0.05, 0.1) is 21.3 Å². The Morgan fingerprint density at radius 3 is 2.04 bits per heavy atom. The Morgan fingerprint density at radius 1 is 0.880 bits per heavy atom. The van der Waals surface area contributed by atoms with Gasteiger partial charge in [-0.05, 0) is 29.2 Å². The summed E-state index contributed by atoms with van der Waals surface area (Å²) < 4.78 is 21.2. The summed E-state index contributed by atoms with van der Waals surface area (Å²) >= 11 is 0. The molecule has 0 unspecified atom stereocenters. The largest absolute Gasteiger partial charge is 0.493 e. The summed E-state index contributed by atoms with van der Waals surface area (Å²) in [7, 11) is 4.49. The Hall–Kier alpha value is -2.69. The van der Waals surface area contributed by atoms with Gasteiger partial charge >= 0.3 is 5.97 Å². The van der Waals surface area contributed by atoms with Crippen molar-refractivity contribution in [2.45, 2.75) is 26.4 Å². The molecule has 5 heteroatoms. The molecule has 0 saturated heterocycles. The van der Waals surface area contributed by atoms with Crippen LogP contribution in [0.2, 0.25) is 0 Å². The highest BCUT2D eigenvalue weighted by Crippen LogP contribution is 2.40. The van der Waals surface area contributed by atoms with Gasteiger partial charge in [-0.2, -0.15) is 0 Å². The SMILES string of the molecule is COc1ccc(C(=O)OCc2ccc(C(C)C)cc2)c(OC)c1OC. The molecule has 2 aromatic carbocycles. The van der Waals surface area contributed by atoms with Crippen LogP contribution in [0.3, 0.4) is 0 Å². The van der Waals surface area contributed by atoms with Gasteiger partial charge in [-0.25, -0.2) is 4.79 Å². The number of rotatable bonds is 7. The zero-order chi connectivity index (χ0) is 18.4. The van der Waals surface area contributed by atoms with E-state index in [1.807, 2.05) is 24.3 Å². The number of hydrogen-bond donors (Lipinski definition) is 0. The van der Waals surface area contributed by atoms with Crippen molar-refractivity contribution in [3.05, 3.63) is 53.1 Å². The summed E-state index contributed by atoms with van der Waals surface area (Å²) in [6.45, 7) is 4.46. The summed E-state index contributed by atoms with van der Waals surface area (Å²) in [4.78, 5) is 12.4. The first-order valence-corrected chi connectivity index (χ1v) is 8.06. The summed E-state index contributed by atoms with van der Waals surface area (Å²) in [5, 5.41) is 0. The second-order valence-corrected chi connectivity index (χ2v) is 5.85. The molecule has 0 N–H and O–H groups in total. The first kappa shape index (κ1) is 18.6. The maximum absolute atomic E-state index is 12.4. The number of methoxy groups -OCH3 is 3. The van der Waals surface area contributed by atoms with Gasteiger partial charge in [0.15, 0.2) is 11.5 Å². The van der Waals surface area contributed by atoms with E-state index in [2.05, 4.69) is 13.8 Å². The molecule has 0 radical (unpaired) electrons. The minimum atomic E-state index is -0.481. The molecule has 0 fully saturated rings. The van der Waals surface area contributed by atoms with Crippen molar-refractivity contribution >= 4 is 5.97 Å². The highest BCUT2D eigenvalue weighted by atomic mass is 16.5. The molecule has 25 heavy (non-hydrogen) atoms. The average Bonchev–Trinajstić information content (AvgIpc) is 2.64. The third-order valence-electron chi connectivity index (χ3n) is 3.94. The molecule has 0 aliphatic rings. The van der Waals surface area contributed by atoms with Crippen LogP contribution in [0.25, 0.3) is 0 Å². The molecular formula is C20H24O5. The Labute approximate surface area is 148 Å². The molecule has 0 bridgehead atoms. The predicted molar refractivity (Wildman–Crippen MR) is 95.7 cm³/mol. The van der Waals surface area contributed by atoms with Crippen molar-refractivity contribution in [3.63, 3.8) is 0 Å². The van der Waals surface area contributed by atoms with Gasteiger partial charge in [0.1, 0.15) is 12.2 Å². The van der Waals surface area contributed by atoms with Gasteiger partial charge in [-0.3, -0.25) is 0 Å².